The maximum Gasteiger partial charge on any atom is 0.258 e. The monoisotopic (exact) mass is 374 g/mol. The number of carbonyl (C=O) groups excluding carboxylic acids is 2. The van der Waals surface area contributed by atoms with E-state index in [2.05, 4.69) is 10.6 Å². The predicted molar refractivity (Wildman–Crippen MR) is 103 cm³/mol. The molecule has 2 amide bonds. The second-order valence-corrected chi connectivity index (χ2v) is 6.51. The van der Waals surface area contributed by atoms with Gasteiger partial charge < -0.3 is 15.4 Å². The van der Waals surface area contributed by atoms with Gasteiger partial charge in [0, 0.05) is 23.7 Å². The molecule has 138 valence electrons. The topological polar surface area (TPSA) is 67.4 Å². The molecule has 2 aromatic carbocycles. The fraction of sp³-hybridized carbons (Fsp3) is 0.300. The average molecular weight is 375 g/mol. The summed E-state index contributed by atoms with van der Waals surface area (Å²) in [6, 6.07) is 10.9. The Morgan fingerprint density at radius 1 is 1.00 bits per heavy atom. The van der Waals surface area contributed by atoms with Crippen molar-refractivity contribution in [3.63, 3.8) is 0 Å². The summed E-state index contributed by atoms with van der Waals surface area (Å²) in [6.45, 7) is 6.29. The van der Waals surface area contributed by atoms with Gasteiger partial charge in [-0.15, -0.1) is 0 Å². The number of amides is 2. The van der Waals surface area contributed by atoms with Crippen LogP contribution in [0.1, 0.15) is 27.0 Å². The van der Waals surface area contributed by atoms with Crippen LogP contribution in [0.4, 0.5) is 0 Å². The summed E-state index contributed by atoms with van der Waals surface area (Å²) in [4.78, 5) is 23.8. The van der Waals surface area contributed by atoms with Gasteiger partial charge in [0.25, 0.3) is 11.8 Å². The number of hydrogen-bond acceptors (Lipinski definition) is 3. The predicted octanol–water partition coefficient (Wildman–Crippen LogP) is 3.19. The SMILES string of the molecule is Cc1cccc(C(=O)NCCNC(=O)COc2cc(C)c(Cl)c(C)c2)c1. The summed E-state index contributed by atoms with van der Waals surface area (Å²) in [5.41, 5.74) is 3.44. The molecule has 2 aromatic rings. The Labute approximate surface area is 158 Å². The van der Waals surface area contributed by atoms with E-state index in [0.717, 1.165) is 16.7 Å². The highest BCUT2D eigenvalue weighted by Crippen LogP contribution is 2.25. The Balaban J connectivity index is 1.70. The summed E-state index contributed by atoms with van der Waals surface area (Å²) >= 11 is 6.11. The van der Waals surface area contributed by atoms with Crippen molar-refractivity contribution in [3.05, 3.63) is 63.7 Å². The first-order valence-corrected chi connectivity index (χ1v) is 8.75. The van der Waals surface area contributed by atoms with Crippen LogP contribution in [0.3, 0.4) is 0 Å². The van der Waals surface area contributed by atoms with Crippen LogP contribution < -0.4 is 15.4 Å². The summed E-state index contributed by atoms with van der Waals surface area (Å²) in [6.07, 6.45) is 0. The lowest BCUT2D eigenvalue weighted by Gasteiger charge is -2.11. The number of aryl methyl sites for hydroxylation is 3. The van der Waals surface area contributed by atoms with E-state index in [4.69, 9.17) is 16.3 Å². The number of hydrogen-bond donors (Lipinski definition) is 2. The molecule has 0 saturated carbocycles. The van der Waals surface area contributed by atoms with Gasteiger partial charge in [0.2, 0.25) is 0 Å². The van der Waals surface area contributed by atoms with Crippen LogP contribution in [0.25, 0.3) is 0 Å². The molecule has 0 aliphatic carbocycles. The van der Waals surface area contributed by atoms with E-state index >= 15 is 0 Å². The lowest BCUT2D eigenvalue weighted by Crippen LogP contribution is -2.36. The fourth-order valence-electron chi connectivity index (χ4n) is 2.46. The minimum absolute atomic E-state index is 0.0909. The highest BCUT2D eigenvalue weighted by atomic mass is 35.5. The average Bonchev–Trinajstić information content (AvgIpc) is 2.61. The van der Waals surface area contributed by atoms with Crippen LogP contribution in [0.5, 0.6) is 5.75 Å². The normalized spacial score (nSPS) is 10.3. The molecule has 0 heterocycles. The quantitative estimate of drug-likeness (QED) is 0.731. The molecular weight excluding hydrogens is 352 g/mol. The smallest absolute Gasteiger partial charge is 0.258 e. The summed E-state index contributed by atoms with van der Waals surface area (Å²) < 4.78 is 5.49. The fourth-order valence-corrected chi connectivity index (χ4v) is 2.56. The zero-order valence-electron chi connectivity index (χ0n) is 15.2. The van der Waals surface area contributed by atoms with Crippen molar-refractivity contribution in [2.75, 3.05) is 19.7 Å². The molecule has 0 aromatic heterocycles. The van der Waals surface area contributed by atoms with E-state index in [9.17, 15) is 9.59 Å². The van der Waals surface area contributed by atoms with Crippen LogP contribution in [0, 0.1) is 20.8 Å². The van der Waals surface area contributed by atoms with Crippen LogP contribution in [0.2, 0.25) is 5.02 Å². The van der Waals surface area contributed by atoms with E-state index in [1.54, 1.807) is 18.2 Å². The van der Waals surface area contributed by atoms with Gasteiger partial charge in [0.1, 0.15) is 5.75 Å². The molecule has 0 aliphatic rings. The highest BCUT2D eigenvalue weighted by molar-refractivity contribution is 6.32. The standard InChI is InChI=1S/C20H23ClN2O3/c1-13-5-4-6-16(9-13)20(25)23-8-7-22-18(24)12-26-17-10-14(2)19(21)15(3)11-17/h4-6,9-11H,7-8,12H2,1-3H3,(H,22,24)(H,23,25). The third-order valence-electron chi connectivity index (χ3n) is 3.79. The Hall–Kier alpha value is -2.53. The number of ether oxygens (including phenoxy) is 1. The summed E-state index contributed by atoms with van der Waals surface area (Å²) in [5.74, 6) is 0.193. The summed E-state index contributed by atoms with van der Waals surface area (Å²) in [7, 11) is 0. The number of nitrogens with one attached hydrogen (secondary N) is 2. The molecule has 0 unspecified atom stereocenters. The molecule has 26 heavy (non-hydrogen) atoms. The lowest BCUT2D eigenvalue weighted by molar-refractivity contribution is -0.123. The Morgan fingerprint density at radius 3 is 2.31 bits per heavy atom. The summed E-state index contributed by atoms with van der Waals surface area (Å²) in [5, 5.41) is 6.17. The molecular formula is C20H23ClN2O3. The van der Waals surface area contributed by atoms with Crippen molar-refractivity contribution in [1.82, 2.24) is 10.6 Å². The van der Waals surface area contributed by atoms with E-state index in [-0.39, 0.29) is 18.4 Å². The molecule has 0 atom stereocenters. The van der Waals surface area contributed by atoms with Gasteiger partial charge in [0.05, 0.1) is 0 Å². The van der Waals surface area contributed by atoms with Gasteiger partial charge in [-0.05, 0) is 56.2 Å². The molecule has 2 N–H and O–H groups in total. The Morgan fingerprint density at radius 2 is 1.65 bits per heavy atom. The zero-order valence-corrected chi connectivity index (χ0v) is 15.9. The van der Waals surface area contributed by atoms with E-state index < -0.39 is 0 Å². The van der Waals surface area contributed by atoms with Gasteiger partial charge in [-0.2, -0.15) is 0 Å². The molecule has 0 bridgehead atoms. The molecule has 0 saturated heterocycles. The van der Waals surface area contributed by atoms with Crippen molar-refractivity contribution in [1.29, 1.82) is 0 Å². The maximum atomic E-state index is 12.0. The van der Waals surface area contributed by atoms with Crippen LogP contribution in [-0.2, 0) is 4.79 Å². The first-order chi connectivity index (χ1) is 12.4. The van der Waals surface area contributed by atoms with Crippen LogP contribution in [-0.4, -0.2) is 31.5 Å². The van der Waals surface area contributed by atoms with E-state index in [0.29, 0.717) is 29.4 Å². The third kappa shape index (κ3) is 5.77. The Bertz CT molecular complexity index is 782. The van der Waals surface area contributed by atoms with Crippen molar-refractivity contribution >= 4 is 23.4 Å². The minimum atomic E-state index is -0.250. The van der Waals surface area contributed by atoms with Gasteiger partial charge in [-0.1, -0.05) is 29.3 Å². The minimum Gasteiger partial charge on any atom is -0.484 e. The van der Waals surface area contributed by atoms with Crippen LogP contribution >= 0.6 is 11.6 Å². The molecule has 6 heteroatoms. The molecule has 0 spiro atoms. The second-order valence-electron chi connectivity index (χ2n) is 6.14. The van der Waals surface area contributed by atoms with Gasteiger partial charge in [-0.25, -0.2) is 0 Å². The zero-order chi connectivity index (χ0) is 19.1. The van der Waals surface area contributed by atoms with E-state index in [1.165, 1.54) is 0 Å². The largest absolute Gasteiger partial charge is 0.484 e. The number of carbonyl (C=O) groups is 2. The lowest BCUT2D eigenvalue weighted by atomic mass is 10.1. The molecule has 0 aliphatic heterocycles. The van der Waals surface area contributed by atoms with Gasteiger partial charge in [-0.3, -0.25) is 9.59 Å². The first kappa shape index (κ1) is 19.8. The van der Waals surface area contributed by atoms with Crippen molar-refractivity contribution in [2.24, 2.45) is 0 Å². The van der Waals surface area contributed by atoms with Crippen LogP contribution in [0.15, 0.2) is 36.4 Å². The maximum absolute atomic E-state index is 12.0. The van der Waals surface area contributed by atoms with Gasteiger partial charge in [0.15, 0.2) is 6.61 Å². The van der Waals surface area contributed by atoms with Crippen molar-refractivity contribution in [2.45, 2.75) is 20.8 Å². The Kier molecular flexibility index (Phi) is 7.04. The van der Waals surface area contributed by atoms with Crippen molar-refractivity contribution < 1.29 is 14.3 Å². The molecule has 2 rings (SSSR count). The van der Waals surface area contributed by atoms with E-state index in [1.807, 2.05) is 39.0 Å². The van der Waals surface area contributed by atoms with Crippen molar-refractivity contribution in [3.8, 4) is 5.75 Å². The first-order valence-electron chi connectivity index (χ1n) is 8.38. The molecule has 0 fully saturated rings. The molecule has 5 nitrogen and oxygen atoms in total. The number of rotatable bonds is 7. The van der Waals surface area contributed by atoms with Gasteiger partial charge >= 0.3 is 0 Å². The number of benzene rings is 2. The molecule has 0 radical (unpaired) electrons. The second kappa shape index (κ2) is 9.25. The highest BCUT2D eigenvalue weighted by Gasteiger charge is 2.07. The third-order valence-corrected chi connectivity index (χ3v) is 4.39. The number of halogens is 1.